The van der Waals surface area contributed by atoms with Crippen LogP contribution in [0.15, 0.2) is 29.3 Å². The fraction of sp³-hybridized carbons (Fsp3) is 0.308. The molecular weight excluding hydrogens is 319 g/mol. The van der Waals surface area contributed by atoms with E-state index in [4.69, 9.17) is 0 Å². The third-order valence-corrected chi connectivity index (χ3v) is 4.68. The molecule has 0 bridgehead atoms. The summed E-state index contributed by atoms with van der Waals surface area (Å²) in [6.45, 7) is 3.03. The summed E-state index contributed by atoms with van der Waals surface area (Å²) >= 11 is 0. The summed E-state index contributed by atoms with van der Waals surface area (Å²) in [6.07, 6.45) is -4.09. The molecule has 2 aromatic rings. The van der Waals surface area contributed by atoms with Crippen LogP contribution in [0.5, 0.6) is 0 Å². The zero-order valence-corrected chi connectivity index (χ0v) is 12.5. The van der Waals surface area contributed by atoms with Crippen LogP contribution in [0.1, 0.15) is 18.2 Å². The molecule has 9 heteroatoms. The molecule has 0 atom stereocenters. The van der Waals surface area contributed by atoms with Crippen LogP contribution in [0, 0.1) is 6.92 Å². The first kappa shape index (κ1) is 16.3. The minimum absolute atomic E-state index is 0.103. The fourth-order valence-electron chi connectivity index (χ4n) is 1.71. The second-order valence-corrected chi connectivity index (χ2v) is 6.78. The lowest BCUT2D eigenvalue weighted by atomic mass is 10.2. The van der Waals surface area contributed by atoms with Gasteiger partial charge in [-0.3, -0.25) is 4.98 Å². The number of aryl methyl sites for hydroxylation is 1. The predicted octanol–water partition coefficient (Wildman–Crippen LogP) is 2.66. The quantitative estimate of drug-likeness (QED) is 0.864. The van der Waals surface area contributed by atoms with Crippen LogP contribution >= 0.6 is 0 Å². The predicted molar refractivity (Wildman–Crippen MR) is 72.7 cm³/mol. The molecule has 22 heavy (non-hydrogen) atoms. The van der Waals surface area contributed by atoms with E-state index in [-0.39, 0.29) is 17.1 Å². The van der Waals surface area contributed by atoms with E-state index >= 15 is 0 Å². The maximum Gasteiger partial charge on any atom is 0.417 e. The summed E-state index contributed by atoms with van der Waals surface area (Å²) in [6, 6.07) is 3.62. The Morgan fingerprint density at radius 2 is 1.86 bits per heavy atom. The normalized spacial score (nSPS) is 12.4. The first-order chi connectivity index (χ1) is 10.1. The Labute approximate surface area is 125 Å². The fourth-order valence-corrected chi connectivity index (χ4v) is 2.78. The molecule has 2 heterocycles. The van der Waals surface area contributed by atoms with Crippen molar-refractivity contribution in [1.29, 1.82) is 0 Å². The number of aromatic nitrogens is 3. The minimum Gasteiger partial charge on any atom is -0.253 e. The van der Waals surface area contributed by atoms with Gasteiger partial charge in [0.15, 0.2) is 9.84 Å². The number of sulfone groups is 1. The number of nitrogens with zero attached hydrogens (tertiary/aromatic N) is 3. The Bertz CT molecular complexity index is 787. The SMILES string of the molecule is CCS(=O)(=O)c1cc(C(F)(F)F)cnc1-c1ccc(C)nn1. The largest absolute Gasteiger partial charge is 0.417 e. The highest BCUT2D eigenvalue weighted by atomic mass is 32.2. The van der Waals surface area contributed by atoms with Crippen molar-refractivity contribution in [3.63, 3.8) is 0 Å². The van der Waals surface area contributed by atoms with E-state index in [2.05, 4.69) is 15.2 Å². The second kappa shape index (κ2) is 5.64. The number of hydrogen-bond donors (Lipinski definition) is 0. The van der Waals surface area contributed by atoms with Gasteiger partial charge in [0.25, 0.3) is 0 Å². The molecular formula is C13H12F3N3O2S. The Hall–Kier alpha value is -2.03. The van der Waals surface area contributed by atoms with E-state index in [1.807, 2.05) is 0 Å². The molecule has 0 spiro atoms. The highest BCUT2D eigenvalue weighted by molar-refractivity contribution is 7.91. The van der Waals surface area contributed by atoms with Gasteiger partial charge < -0.3 is 0 Å². The summed E-state index contributed by atoms with van der Waals surface area (Å²) in [5, 5.41) is 7.56. The standard InChI is InChI=1S/C13H12F3N3O2S/c1-3-22(20,21)11-6-9(13(14,15)16)7-17-12(11)10-5-4-8(2)18-19-10/h4-7H,3H2,1-2H3. The molecule has 2 aromatic heterocycles. The van der Waals surface area contributed by atoms with Gasteiger partial charge in [-0.1, -0.05) is 6.92 Å². The average Bonchev–Trinajstić information content (AvgIpc) is 2.46. The molecule has 0 fully saturated rings. The van der Waals surface area contributed by atoms with Gasteiger partial charge in [-0.05, 0) is 25.1 Å². The number of halogens is 3. The van der Waals surface area contributed by atoms with E-state index in [1.165, 1.54) is 13.0 Å². The molecule has 0 aliphatic heterocycles. The lowest BCUT2D eigenvalue weighted by molar-refractivity contribution is -0.138. The van der Waals surface area contributed by atoms with Crippen LogP contribution in [0.25, 0.3) is 11.4 Å². The molecule has 118 valence electrons. The minimum atomic E-state index is -4.68. The summed E-state index contributed by atoms with van der Waals surface area (Å²) in [5.74, 6) is -0.345. The summed E-state index contributed by atoms with van der Waals surface area (Å²) in [4.78, 5) is 3.16. The van der Waals surface area contributed by atoms with Gasteiger partial charge in [0.1, 0.15) is 11.4 Å². The lowest BCUT2D eigenvalue weighted by Gasteiger charge is -2.12. The molecule has 0 N–H and O–H groups in total. The zero-order valence-electron chi connectivity index (χ0n) is 11.7. The molecule has 0 aromatic carbocycles. The van der Waals surface area contributed by atoms with E-state index < -0.39 is 26.5 Å². The van der Waals surface area contributed by atoms with E-state index in [0.29, 0.717) is 18.0 Å². The first-order valence-corrected chi connectivity index (χ1v) is 7.91. The molecule has 0 aliphatic carbocycles. The van der Waals surface area contributed by atoms with Crippen LogP contribution in [0.2, 0.25) is 0 Å². The van der Waals surface area contributed by atoms with Crippen LogP contribution in [0.4, 0.5) is 13.2 Å². The number of hydrogen-bond acceptors (Lipinski definition) is 5. The van der Waals surface area contributed by atoms with Gasteiger partial charge in [-0.2, -0.15) is 18.3 Å². The number of pyridine rings is 1. The first-order valence-electron chi connectivity index (χ1n) is 6.26. The van der Waals surface area contributed by atoms with E-state index in [0.717, 1.165) is 0 Å². The Morgan fingerprint density at radius 1 is 1.18 bits per heavy atom. The Morgan fingerprint density at radius 3 is 2.36 bits per heavy atom. The Kier molecular flexibility index (Phi) is 4.19. The summed E-state index contributed by atoms with van der Waals surface area (Å²) in [7, 11) is -3.90. The molecule has 2 rings (SSSR count). The van der Waals surface area contributed by atoms with Crippen molar-refractivity contribution in [2.24, 2.45) is 0 Å². The van der Waals surface area contributed by atoms with Gasteiger partial charge in [-0.15, -0.1) is 5.10 Å². The van der Waals surface area contributed by atoms with E-state index in [9.17, 15) is 21.6 Å². The Balaban J connectivity index is 2.71. The van der Waals surface area contributed by atoms with Crippen molar-refractivity contribution in [2.75, 3.05) is 5.75 Å². The van der Waals surface area contributed by atoms with Crippen molar-refractivity contribution in [3.05, 3.63) is 35.7 Å². The van der Waals surface area contributed by atoms with Crippen molar-refractivity contribution in [2.45, 2.75) is 24.9 Å². The molecule has 5 nitrogen and oxygen atoms in total. The highest BCUT2D eigenvalue weighted by Crippen LogP contribution is 2.33. The third kappa shape index (κ3) is 3.24. The smallest absolute Gasteiger partial charge is 0.253 e. The van der Waals surface area contributed by atoms with Crippen molar-refractivity contribution >= 4 is 9.84 Å². The maximum atomic E-state index is 12.8. The second-order valence-electron chi connectivity index (χ2n) is 4.53. The number of rotatable bonds is 3. The summed E-state index contributed by atoms with van der Waals surface area (Å²) < 4.78 is 62.5. The van der Waals surface area contributed by atoms with Gasteiger partial charge in [0, 0.05) is 6.20 Å². The van der Waals surface area contributed by atoms with Crippen LogP contribution in [-0.2, 0) is 16.0 Å². The van der Waals surface area contributed by atoms with Gasteiger partial charge in [0.05, 0.1) is 21.9 Å². The van der Waals surface area contributed by atoms with Crippen LogP contribution in [0.3, 0.4) is 0 Å². The number of alkyl halides is 3. The molecule has 0 aliphatic rings. The molecule has 0 unspecified atom stereocenters. The van der Waals surface area contributed by atoms with Crippen LogP contribution in [-0.4, -0.2) is 29.4 Å². The molecule has 0 radical (unpaired) electrons. The third-order valence-electron chi connectivity index (χ3n) is 2.94. The summed E-state index contributed by atoms with van der Waals surface area (Å²) in [5.41, 5.74) is -0.562. The zero-order chi connectivity index (χ0) is 16.5. The van der Waals surface area contributed by atoms with Crippen molar-refractivity contribution < 1.29 is 21.6 Å². The average molecular weight is 331 g/mol. The monoisotopic (exact) mass is 331 g/mol. The van der Waals surface area contributed by atoms with E-state index in [1.54, 1.807) is 13.0 Å². The van der Waals surface area contributed by atoms with Crippen molar-refractivity contribution in [3.8, 4) is 11.4 Å². The van der Waals surface area contributed by atoms with Crippen molar-refractivity contribution in [1.82, 2.24) is 15.2 Å². The molecule has 0 amide bonds. The van der Waals surface area contributed by atoms with Gasteiger partial charge in [-0.25, -0.2) is 8.42 Å². The van der Waals surface area contributed by atoms with Gasteiger partial charge in [0.2, 0.25) is 0 Å². The molecule has 0 saturated heterocycles. The van der Waals surface area contributed by atoms with Crippen LogP contribution < -0.4 is 0 Å². The lowest BCUT2D eigenvalue weighted by Crippen LogP contribution is -2.12. The maximum absolute atomic E-state index is 12.8. The van der Waals surface area contributed by atoms with Gasteiger partial charge >= 0.3 is 6.18 Å². The molecule has 0 saturated carbocycles. The highest BCUT2D eigenvalue weighted by Gasteiger charge is 2.33. The topological polar surface area (TPSA) is 72.8 Å².